The lowest BCUT2D eigenvalue weighted by Gasteiger charge is -2.03. The van der Waals surface area contributed by atoms with Crippen LogP contribution in [-0.2, 0) is 11.3 Å². The van der Waals surface area contributed by atoms with Crippen LogP contribution in [0.1, 0.15) is 22.0 Å². The lowest BCUT2D eigenvalue weighted by Crippen LogP contribution is -2.10. The first-order chi connectivity index (χ1) is 13.5. The fourth-order valence-corrected chi connectivity index (χ4v) is 2.81. The molecule has 0 fully saturated rings. The molecule has 0 bridgehead atoms. The molecule has 2 aromatic carbocycles. The van der Waals surface area contributed by atoms with Crippen LogP contribution in [0.25, 0.3) is 22.4 Å². The van der Waals surface area contributed by atoms with Crippen molar-refractivity contribution in [3.05, 3.63) is 81.0 Å². The maximum Gasteiger partial charge on any atom is 0.374 e. The number of nitrogens with zero attached hydrogens (tertiary/aromatic N) is 2. The average molecular weight is 397 g/mol. The van der Waals surface area contributed by atoms with E-state index in [2.05, 4.69) is 10.2 Å². The highest BCUT2D eigenvalue weighted by Crippen LogP contribution is 2.20. The van der Waals surface area contributed by atoms with Gasteiger partial charge in [0, 0.05) is 16.7 Å². The summed E-state index contributed by atoms with van der Waals surface area (Å²) in [7, 11) is 0. The molecule has 7 nitrogen and oxygen atoms in total. The van der Waals surface area contributed by atoms with Crippen molar-refractivity contribution in [3.8, 4) is 11.5 Å². The van der Waals surface area contributed by atoms with Gasteiger partial charge in [-0.2, -0.15) is 0 Å². The topological polar surface area (TPSA) is 95.4 Å². The number of benzene rings is 2. The van der Waals surface area contributed by atoms with E-state index in [4.69, 9.17) is 25.2 Å². The van der Waals surface area contributed by atoms with Gasteiger partial charge in [0.25, 0.3) is 5.89 Å². The summed E-state index contributed by atoms with van der Waals surface area (Å²) in [6.45, 7) is 1.70. The van der Waals surface area contributed by atoms with Gasteiger partial charge in [-0.25, -0.2) is 4.79 Å². The van der Waals surface area contributed by atoms with Crippen molar-refractivity contribution in [2.45, 2.75) is 13.5 Å². The van der Waals surface area contributed by atoms with Crippen LogP contribution in [0.4, 0.5) is 0 Å². The van der Waals surface area contributed by atoms with E-state index in [9.17, 15) is 9.59 Å². The minimum absolute atomic E-state index is 0.125. The number of rotatable bonds is 4. The molecule has 0 aliphatic rings. The average Bonchev–Trinajstić information content (AvgIpc) is 3.15. The molecule has 0 unspecified atom stereocenters. The highest BCUT2D eigenvalue weighted by atomic mass is 35.5. The normalized spacial score (nSPS) is 10.9. The molecule has 140 valence electrons. The van der Waals surface area contributed by atoms with Crippen LogP contribution in [0.2, 0.25) is 5.02 Å². The molecular weight excluding hydrogens is 384 g/mol. The summed E-state index contributed by atoms with van der Waals surface area (Å²) < 4.78 is 16.1. The van der Waals surface area contributed by atoms with E-state index in [0.717, 1.165) is 17.2 Å². The number of carbonyl (C=O) groups is 1. The standard InChI is InChI=1S/C20H13ClN2O5/c1-11-3-2-4-12(7-11)19-23-22-18(28-19)10-26-20(25)17-9-15(24)14-8-13(21)5-6-16(14)27-17/h2-9H,10H2,1H3. The minimum atomic E-state index is -0.816. The molecule has 0 amide bonds. The first-order valence-electron chi connectivity index (χ1n) is 8.29. The summed E-state index contributed by atoms with van der Waals surface area (Å²) in [5.41, 5.74) is 1.67. The number of ether oxygens (including phenoxy) is 1. The van der Waals surface area contributed by atoms with Crippen LogP contribution in [0.15, 0.2) is 62.2 Å². The van der Waals surface area contributed by atoms with Crippen LogP contribution < -0.4 is 5.43 Å². The zero-order valence-corrected chi connectivity index (χ0v) is 15.4. The van der Waals surface area contributed by atoms with Crippen LogP contribution in [0, 0.1) is 6.92 Å². The largest absolute Gasteiger partial charge is 0.450 e. The number of hydrogen-bond donors (Lipinski definition) is 0. The van der Waals surface area contributed by atoms with E-state index in [1.54, 1.807) is 6.07 Å². The lowest BCUT2D eigenvalue weighted by atomic mass is 10.1. The van der Waals surface area contributed by atoms with Crippen molar-refractivity contribution in [2.75, 3.05) is 0 Å². The van der Waals surface area contributed by atoms with E-state index in [1.165, 1.54) is 12.1 Å². The molecule has 4 aromatic rings. The van der Waals surface area contributed by atoms with Gasteiger partial charge in [-0.1, -0.05) is 29.3 Å². The smallest absolute Gasteiger partial charge is 0.374 e. The second-order valence-electron chi connectivity index (χ2n) is 6.06. The Morgan fingerprint density at radius 2 is 1.96 bits per heavy atom. The third kappa shape index (κ3) is 3.65. The number of esters is 1. The van der Waals surface area contributed by atoms with E-state index >= 15 is 0 Å². The Bertz CT molecular complexity index is 1240. The third-order valence-electron chi connectivity index (χ3n) is 3.95. The van der Waals surface area contributed by atoms with Crippen molar-refractivity contribution in [2.24, 2.45) is 0 Å². The van der Waals surface area contributed by atoms with Crippen molar-refractivity contribution in [1.29, 1.82) is 0 Å². The van der Waals surface area contributed by atoms with Gasteiger partial charge in [-0.15, -0.1) is 10.2 Å². The van der Waals surface area contributed by atoms with Crippen LogP contribution in [0.5, 0.6) is 0 Å². The highest BCUT2D eigenvalue weighted by Gasteiger charge is 2.16. The number of halogens is 1. The third-order valence-corrected chi connectivity index (χ3v) is 4.18. The Balaban J connectivity index is 1.50. The molecule has 0 spiro atoms. The molecule has 0 aliphatic carbocycles. The first-order valence-corrected chi connectivity index (χ1v) is 8.67. The zero-order valence-electron chi connectivity index (χ0n) is 14.6. The van der Waals surface area contributed by atoms with Gasteiger partial charge in [-0.05, 0) is 37.3 Å². The highest BCUT2D eigenvalue weighted by molar-refractivity contribution is 6.31. The van der Waals surface area contributed by atoms with Crippen molar-refractivity contribution >= 4 is 28.5 Å². The maximum absolute atomic E-state index is 12.2. The molecule has 4 rings (SSSR count). The van der Waals surface area contributed by atoms with Crippen LogP contribution >= 0.6 is 11.6 Å². The van der Waals surface area contributed by atoms with Gasteiger partial charge in [0.15, 0.2) is 12.0 Å². The Morgan fingerprint density at radius 1 is 1.11 bits per heavy atom. The number of aromatic nitrogens is 2. The molecule has 0 saturated carbocycles. The summed E-state index contributed by atoms with van der Waals surface area (Å²) in [5.74, 6) is -0.592. The summed E-state index contributed by atoms with van der Waals surface area (Å²) in [4.78, 5) is 24.4. The number of fused-ring (bicyclic) bond motifs is 1. The molecule has 0 radical (unpaired) electrons. The fourth-order valence-electron chi connectivity index (χ4n) is 2.63. The summed E-state index contributed by atoms with van der Waals surface area (Å²) in [6, 6.07) is 13.2. The minimum Gasteiger partial charge on any atom is -0.450 e. The second kappa shape index (κ2) is 7.28. The lowest BCUT2D eigenvalue weighted by molar-refractivity contribution is 0.0403. The molecule has 0 atom stereocenters. The SMILES string of the molecule is Cc1cccc(-c2nnc(COC(=O)c3cc(=O)c4cc(Cl)ccc4o3)o2)c1. The molecule has 28 heavy (non-hydrogen) atoms. The number of carbonyl (C=O) groups excluding carboxylic acids is 1. The predicted molar refractivity (Wildman–Crippen MR) is 101 cm³/mol. The van der Waals surface area contributed by atoms with Gasteiger partial charge < -0.3 is 13.6 Å². The maximum atomic E-state index is 12.2. The predicted octanol–water partition coefficient (Wildman–Crippen LogP) is 4.16. The van der Waals surface area contributed by atoms with E-state index in [-0.39, 0.29) is 29.2 Å². The second-order valence-corrected chi connectivity index (χ2v) is 6.50. The Kier molecular flexibility index (Phi) is 4.67. The molecule has 2 aromatic heterocycles. The molecule has 0 saturated heterocycles. The van der Waals surface area contributed by atoms with E-state index in [1.807, 2.05) is 31.2 Å². The first kappa shape index (κ1) is 17.9. The Morgan fingerprint density at radius 3 is 2.79 bits per heavy atom. The van der Waals surface area contributed by atoms with Crippen LogP contribution in [-0.4, -0.2) is 16.2 Å². The van der Waals surface area contributed by atoms with Crippen molar-refractivity contribution in [3.63, 3.8) is 0 Å². The molecule has 0 aliphatic heterocycles. The van der Waals surface area contributed by atoms with Gasteiger partial charge in [0.05, 0.1) is 5.39 Å². The summed E-state index contributed by atoms with van der Waals surface area (Å²) >= 11 is 5.87. The van der Waals surface area contributed by atoms with E-state index in [0.29, 0.717) is 10.9 Å². The van der Waals surface area contributed by atoms with Crippen molar-refractivity contribution in [1.82, 2.24) is 10.2 Å². The van der Waals surface area contributed by atoms with E-state index < -0.39 is 11.4 Å². The van der Waals surface area contributed by atoms with Gasteiger partial charge in [0.1, 0.15) is 5.58 Å². The Hall–Kier alpha value is -3.45. The number of aryl methyl sites for hydroxylation is 1. The summed E-state index contributed by atoms with van der Waals surface area (Å²) in [5, 5.41) is 8.49. The molecular formula is C20H13ClN2O5. The molecule has 0 N–H and O–H groups in total. The molecule has 8 heteroatoms. The molecule has 2 heterocycles. The number of hydrogen-bond acceptors (Lipinski definition) is 7. The monoisotopic (exact) mass is 396 g/mol. The summed E-state index contributed by atoms with van der Waals surface area (Å²) in [6.07, 6.45) is 0. The zero-order chi connectivity index (χ0) is 19.7. The quantitative estimate of drug-likeness (QED) is 0.478. The Labute approximate surface area is 163 Å². The van der Waals surface area contributed by atoms with Gasteiger partial charge in [0.2, 0.25) is 11.7 Å². The van der Waals surface area contributed by atoms with Crippen LogP contribution in [0.3, 0.4) is 0 Å². The van der Waals surface area contributed by atoms with Gasteiger partial charge in [-0.3, -0.25) is 4.79 Å². The van der Waals surface area contributed by atoms with Crippen molar-refractivity contribution < 1.29 is 18.4 Å². The van der Waals surface area contributed by atoms with Gasteiger partial charge >= 0.3 is 5.97 Å². The fraction of sp³-hybridized carbons (Fsp3) is 0.100.